The molecular formula is C31H21Br2Cl2FN2O2S. The van der Waals surface area contributed by atoms with E-state index < -0.39 is 0 Å². The van der Waals surface area contributed by atoms with E-state index in [9.17, 15) is 9.18 Å². The Bertz CT molecular complexity index is 1730. The predicted molar refractivity (Wildman–Crippen MR) is 175 cm³/mol. The summed E-state index contributed by atoms with van der Waals surface area (Å²) >= 11 is 21.2. The Morgan fingerprint density at radius 3 is 2.32 bits per heavy atom. The van der Waals surface area contributed by atoms with Gasteiger partial charge in [0.05, 0.1) is 20.8 Å². The number of thioether (sulfide) groups is 1. The molecular weight excluding hydrogens is 714 g/mol. The predicted octanol–water partition coefficient (Wildman–Crippen LogP) is 10.7. The molecule has 1 aliphatic rings. The molecule has 0 saturated carbocycles. The lowest BCUT2D eigenvalue weighted by Crippen LogP contribution is -2.28. The number of amidine groups is 1. The van der Waals surface area contributed by atoms with Gasteiger partial charge in [-0.25, -0.2) is 9.38 Å². The second kappa shape index (κ2) is 12.7. The van der Waals surface area contributed by atoms with Gasteiger partial charge in [-0.1, -0.05) is 63.4 Å². The van der Waals surface area contributed by atoms with Gasteiger partial charge < -0.3 is 4.74 Å². The fourth-order valence-corrected chi connectivity index (χ4v) is 6.69. The number of amides is 1. The standard InChI is InChI=1S/C31H21Br2Cl2FN2O2S/c1-17-3-9-23(14-26(17)34)37-31-38(24-10-4-18(2)27(35)15-24)30(39)28(41-31)12-20-11-21(32)13-25(33)29(20)40-16-19-5-7-22(36)8-6-19/h3-15H,16H2,1-2H3/b28-12+,37-31?. The molecule has 208 valence electrons. The topological polar surface area (TPSA) is 41.9 Å². The Balaban J connectivity index is 1.56. The van der Waals surface area contributed by atoms with Crippen LogP contribution in [0, 0.1) is 19.7 Å². The Labute approximate surface area is 268 Å². The first-order valence-electron chi connectivity index (χ1n) is 12.3. The van der Waals surface area contributed by atoms with Gasteiger partial charge in [0, 0.05) is 20.1 Å². The van der Waals surface area contributed by atoms with Crippen LogP contribution in [0.4, 0.5) is 15.8 Å². The number of rotatable bonds is 6. The summed E-state index contributed by atoms with van der Waals surface area (Å²) in [6.45, 7) is 4.03. The maximum atomic E-state index is 13.9. The summed E-state index contributed by atoms with van der Waals surface area (Å²) in [6.07, 6.45) is 1.77. The van der Waals surface area contributed by atoms with Crippen LogP contribution in [0.1, 0.15) is 22.3 Å². The van der Waals surface area contributed by atoms with Crippen LogP contribution in [0.3, 0.4) is 0 Å². The number of benzene rings is 4. The first kappa shape index (κ1) is 29.9. The van der Waals surface area contributed by atoms with Crippen molar-refractivity contribution in [3.63, 3.8) is 0 Å². The summed E-state index contributed by atoms with van der Waals surface area (Å²) in [6, 6.07) is 20.8. The molecule has 10 heteroatoms. The van der Waals surface area contributed by atoms with Gasteiger partial charge >= 0.3 is 0 Å². The van der Waals surface area contributed by atoms with E-state index in [0.717, 1.165) is 21.2 Å². The van der Waals surface area contributed by atoms with E-state index in [1.165, 1.54) is 23.9 Å². The minimum absolute atomic E-state index is 0.215. The Kier molecular flexibility index (Phi) is 9.26. The number of ether oxygens (including phenoxy) is 1. The van der Waals surface area contributed by atoms with Crippen molar-refractivity contribution < 1.29 is 13.9 Å². The first-order valence-corrected chi connectivity index (χ1v) is 15.5. The van der Waals surface area contributed by atoms with E-state index in [0.29, 0.717) is 47.3 Å². The van der Waals surface area contributed by atoms with Crippen LogP contribution in [0.2, 0.25) is 10.0 Å². The van der Waals surface area contributed by atoms with Crippen LogP contribution >= 0.6 is 66.8 Å². The first-order chi connectivity index (χ1) is 19.6. The molecule has 0 bridgehead atoms. The third-order valence-corrected chi connectivity index (χ3v) is 9.05. The monoisotopic (exact) mass is 732 g/mol. The molecule has 0 atom stereocenters. The number of hydrogen-bond acceptors (Lipinski definition) is 4. The summed E-state index contributed by atoms with van der Waals surface area (Å²) < 4.78 is 21.0. The van der Waals surface area contributed by atoms with Crippen molar-refractivity contribution in [3.8, 4) is 5.75 Å². The smallest absolute Gasteiger partial charge is 0.271 e. The average molecular weight is 735 g/mol. The molecule has 4 nitrogen and oxygen atoms in total. The van der Waals surface area contributed by atoms with Crippen molar-refractivity contribution in [2.45, 2.75) is 20.5 Å². The van der Waals surface area contributed by atoms with Gasteiger partial charge in [0.15, 0.2) is 5.17 Å². The minimum atomic E-state index is -0.314. The molecule has 41 heavy (non-hydrogen) atoms. The van der Waals surface area contributed by atoms with Crippen molar-refractivity contribution in [1.29, 1.82) is 0 Å². The highest BCUT2D eigenvalue weighted by molar-refractivity contribution is 9.11. The van der Waals surface area contributed by atoms with Crippen LogP contribution in [-0.2, 0) is 11.4 Å². The van der Waals surface area contributed by atoms with Gasteiger partial charge in [0.25, 0.3) is 5.91 Å². The Hall–Kier alpha value is -2.62. The number of aryl methyl sites for hydroxylation is 2. The SMILES string of the molecule is Cc1ccc(N=C2S/C(=C/c3cc(Br)cc(Br)c3OCc3ccc(F)cc3)C(=O)N2c2ccc(C)c(Cl)c2)cc1Cl. The maximum Gasteiger partial charge on any atom is 0.271 e. The van der Waals surface area contributed by atoms with Gasteiger partial charge in [0.2, 0.25) is 0 Å². The van der Waals surface area contributed by atoms with Crippen LogP contribution in [0.25, 0.3) is 6.08 Å². The normalized spacial score (nSPS) is 15.3. The zero-order valence-corrected chi connectivity index (χ0v) is 27.2. The van der Waals surface area contributed by atoms with Crippen molar-refractivity contribution in [1.82, 2.24) is 0 Å². The maximum absolute atomic E-state index is 13.9. The van der Waals surface area contributed by atoms with E-state index in [1.54, 1.807) is 35.2 Å². The Morgan fingerprint density at radius 1 is 0.951 bits per heavy atom. The summed E-state index contributed by atoms with van der Waals surface area (Å²) in [5.74, 6) is -0.0305. The second-order valence-electron chi connectivity index (χ2n) is 9.23. The number of hydrogen-bond donors (Lipinski definition) is 0. The number of aliphatic imine (C=N–C) groups is 1. The summed E-state index contributed by atoms with van der Waals surface area (Å²) in [4.78, 5) is 20.7. The third-order valence-electron chi connectivity index (χ3n) is 6.22. The van der Waals surface area contributed by atoms with E-state index in [2.05, 4.69) is 31.9 Å². The fraction of sp³-hybridized carbons (Fsp3) is 0.0968. The molecule has 0 spiro atoms. The average Bonchev–Trinajstić information content (AvgIpc) is 3.22. The van der Waals surface area contributed by atoms with E-state index in [1.807, 2.05) is 50.2 Å². The summed E-state index contributed by atoms with van der Waals surface area (Å²) in [7, 11) is 0. The van der Waals surface area contributed by atoms with E-state index in [4.69, 9.17) is 32.9 Å². The van der Waals surface area contributed by atoms with Gasteiger partial charge in [-0.3, -0.25) is 9.69 Å². The molecule has 4 aromatic rings. The zero-order chi connectivity index (χ0) is 29.3. The van der Waals surface area contributed by atoms with Gasteiger partial charge in [0.1, 0.15) is 18.2 Å². The highest BCUT2D eigenvalue weighted by Crippen LogP contribution is 2.41. The quantitative estimate of drug-likeness (QED) is 0.185. The third kappa shape index (κ3) is 6.89. The van der Waals surface area contributed by atoms with Crippen molar-refractivity contribution in [2.24, 2.45) is 4.99 Å². The molecule has 1 saturated heterocycles. The lowest BCUT2D eigenvalue weighted by atomic mass is 10.1. The highest BCUT2D eigenvalue weighted by atomic mass is 79.9. The summed E-state index contributed by atoms with van der Waals surface area (Å²) in [5, 5.41) is 1.59. The van der Waals surface area contributed by atoms with E-state index >= 15 is 0 Å². The lowest BCUT2D eigenvalue weighted by Gasteiger charge is -2.17. The lowest BCUT2D eigenvalue weighted by molar-refractivity contribution is -0.113. The molecule has 0 aliphatic carbocycles. The zero-order valence-electron chi connectivity index (χ0n) is 21.7. The number of carbonyl (C=O) groups excluding carboxylic acids is 1. The van der Waals surface area contributed by atoms with Crippen LogP contribution < -0.4 is 9.64 Å². The molecule has 1 aliphatic heterocycles. The molecule has 1 fully saturated rings. The van der Waals surface area contributed by atoms with Crippen LogP contribution in [-0.4, -0.2) is 11.1 Å². The summed E-state index contributed by atoms with van der Waals surface area (Å²) in [5.41, 5.74) is 4.53. The van der Waals surface area contributed by atoms with Crippen molar-refractivity contribution in [2.75, 3.05) is 4.90 Å². The van der Waals surface area contributed by atoms with E-state index in [-0.39, 0.29) is 18.3 Å². The van der Waals surface area contributed by atoms with Crippen molar-refractivity contribution in [3.05, 3.63) is 125 Å². The molecule has 5 rings (SSSR count). The van der Waals surface area contributed by atoms with Gasteiger partial charge in [-0.2, -0.15) is 0 Å². The van der Waals surface area contributed by atoms with Gasteiger partial charge in [-0.15, -0.1) is 0 Å². The van der Waals surface area contributed by atoms with Crippen molar-refractivity contribution >= 4 is 95.3 Å². The molecule has 1 heterocycles. The Morgan fingerprint density at radius 2 is 1.63 bits per heavy atom. The molecule has 4 aromatic carbocycles. The molecule has 0 aromatic heterocycles. The molecule has 0 N–H and O–H groups in total. The highest BCUT2D eigenvalue weighted by Gasteiger charge is 2.35. The minimum Gasteiger partial charge on any atom is -0.487 e. The van der Waals surface area contributed by atoms with Crippen LogP contribution in [0.5, 0.6) is 5.75 Å². The molecule has 1 amide bonds. The largest absolute Gasteiger partial charge is 0.487 e. The fourth-order valence-electron chi connectivity index (χ4n) is 3.98. The number of carbonyl (C=O) groups is 1. The number of anilines is 1. The number of halogens is 5. The number of nitrogens with zero attached hydrogens (tertiary/aromatic N) is 2. The molecule has 0 radical (unpaired) electrons. The molecule has 0 unspecified atom stereocenters. The van der Waals surface area contributed by atoms with Gasteiger partial charge in [-0.05, 0) is 113 Å². The second-order valence-corrected chi connectivity index (χ2v) is 12.8. The van der Waals surface area contributed by atoms with Crippen LogP contribution in [0.15, 0.2) is 91.6 Å².